The van der Waals surface area contributed by atoms with Crippen molar-refractivity contribution in [3.63, 3.8) is 0 Å². The van der Waals surface area contributed by atoms with Gasteiger partial charge in [0.1, 0.15) is 11.5 Å². The minimum atomic E-state index is -0.185. The van der Waals surface area contributed by atoms with Gasteiger partial charge in [-0.25, -0.2) is 0 Å². The third-order valence-electron chi connectivity index (χ3n) is 9.49. The lowest BCUT2D eigenvalue weighted by Gasteiger charge is -2.32. The van der Waals surface area contributed by atoms with E-state index in [0.717, 1.165) is 11.5 Å². The molecule has 9 rings (SSSR count). The quantitative estimate of drug-likeness (QED) is 0.206. The molecule has 0 N–H and O–H groups in total. The Kier molecular flexibility index (Phi) is 4.79. The summed E-state index contributed by atoms with van der Waals surface area (Å²) in [7, 11) is 0. The Labute approximate surface area is 245 Å². The van der Waals surface area contributed by atoms with Crippen molar-refractivity contribution in [2.24, 2.45) is 0 Å². The lowest BCUT2D eigenvalue weighted by Crippen LogP contribution is -2.57. The summed E-state index contributed by atoms with van der Waals surface area (Å²) in [6, 6.07) is 48.4. The molecule has 1 aromatic heterocycles. The molecule has 2 heterocycles. The average molecular weight is 537 g/mol. The van der Waals surface area contributed by atoms with E-state index in [2.05, 4.69) is 152 Å². The number of para-hydroxylation sites is 4. The maximum atomic E-state index is 6.54. The van der Waals surface area contributed by atoms with E-state index in [1.54, 1.807) is 0 Å². The van der Waals surface area contributed by atoms with Crippen LogP contribution in [0.2, 0.25) is 0 Å². The van der Waals surface area contributed by atoms with Gasteiger partial charge in [-0.2, -0.15) is 0 Å². The Morgan fingerprint density at radius 3 is 1.98 bits per heavy atom. The number of aromatic nitrogens is 1. The number of nitrogens with zero attached hydrogens (tertiary/aromatic N) is 1. The van der Waals surface area contributed by atoms with Gasteiger partial charge in [-0.1, -0.05) is 111 Å². The molecule has 0 unspecified atom stereocenters. The molecule has 0 bridgehead atoms. The maximum Gasteiger partial charge on any atom is 0.254 e. The number of benzene rings is 6. The summed E-state index contributed by atoms with van der Waals surface area (Å²) in [5.74, 6) is 1.87. The summed E-state index contributed by atoms with van der Waals surface area (Å²) < 4.78 is 9.04. The number of hydrogen-bond donors (Lipinski definition) is 0. The summed E-state index contributed by atoms with van der Waals surface area (Å²) in [4.78, 5) is 0. The van der Waals surface area contributed by atoms with Crippen LogP contribution in [0.4, 0.5) is 0 Å². The average Bonchev–Trinajstić information content (AvgIpc) is 3.48. The third-order valence-corrected chi connectivity index (χ3v) is 9.49. The van der Waals surface area contributed by atoms with E-state index in [9.17, 15) is 0 Å². The molecule has 0 amide bonds. The second-order valence-corrected chi connectivity index (χ2v) is 12.1. The molecule has 1 aliphatic heterocycles. The fraction of sp³-hybridized carbons (Fsp3) is 0.0769. The predicted molar refractivity (Wildman–Crippen MR) is 176 cm³/mol. The first-order valence-electron chi connectivity index (χ1n) is 14.7. The van der Waals surface area contributed by atoms with Crippen LogP contribution in [-0.2, 0) is 5.41 Å². The van der Waals surface area contributed by atoms with Crippen LogP contribution in [0.3, 0.4) is 0 Å². The Bertz CT molecular complexity index is 2160. The SMILES string of the molecule is CC1(C)c2ccccc2-c2cc3c4ccccc4n(-c4ccccc4)c3c(B3c4ccccc4Oc4ccccc43)c21. The molecule has 1 aliphatic carbocycles. The van der Waals surface area contributed by atoms with Crippen LogP contribution in [0.15, 0.2) is 133 Å². The van der Waals surface area contributed by atoms with Gasteiger partial charge in [0.05, 0.1) is 5.52 Å². The van der Waals surface area contributed by atoms with Crippen molar-refractivity contribution < 1.29 is 4.74 Å². The van der Waals surface area contributed by atoms with Crippen molar-refractivity contribution in [3.8, 4) is 28.3 Å². The molecule has 0 spiro atoms. The molecule has 2 aliphatic rings. The Balaban J connectivity index is 1.55. The number of hydrogen-bond acceptors (Lipinski definition) is 1. The topological polar surface area (TPSA) is 14.2 Å². The van der Waals surface area contributed by atoms with Crippen LogP contribution >= 0.6 is 0 Å². The molecule has 0 fully saturated rings. The van der Waals surface area contributed by atoms with Crippen molar-refractivity contribution in [2.75, 3.05) is 0 Å². The number of rotatable bonds is 2. The van der Waals surface area contributed by atoms with Gasteiger partial charge in [0.25, 0.3) is 6.71 Å². The predicted octanol–water partition coefficient (Wildman–Crippen LogP) is 7.71. The van der Waals surface area contributed by atoms with Gasteiger partial charge in [0, 0.05) is 27.4 Å². The summed E-state index contributed by atoms with van der Waals surface area (Å²) in [5.41, 5.74) is 12.8. The fourth-order valence-electron chi connectivity index (χ4n) is 7.79. The summed E-state index contributed by atoms with van der Waals surface area (Å²) in [6.07, 6.45) is 0. The Morgan fingerprint density at radius 2 is 1.21 bits per heavy atom. The van der Waals surface area contributed by atoms with Crippen molar-refractivity contribution >= 4 is 44.9 Å². The molecular formula is C39H28BNO. The van der Waals surface area contributed by atoms with E-state index in [-0.39, 0.29) is 12.1 Å². The highest BCUT2D eigenvalue weighted by Crippen LogP contribution is 2.50. The molecular weight excluding hydrogens is 509 g/mol. The smallest absolute Gasteiger partial charge is 0.254 e. The first-order chi connectivity index (χ1) is 20.6. The second kappa shape index (κ2) is 8.50. The molecule has 0 saturated carbocycles. The number of ether oxygens (including phenoxy) is 1. The monoisotopic (exact) mass is 537 g/mol. The van der Waals surface area contributed by atoms with Crippen molar-refractivity contribution in [2.45, 2.75) is 19.3 Å². The zero-order chi connectivity index (χ0) is 28.0. The highest BCUT2D eigenvalue weighted by molar-refractivity contribution is 6.98. The van der Waals surface area contributed by atoms with E-state index in [0.29, 0.717) is 0 Å². The van der Waals surface area contributed by atoms with Crippen LogP contribution in [0.5, 0.6) is 11.5 Å². The summed E-state index contributed by atoms with van der Waals surface area (Å²) in [6.45, 7) is 4.81. The minimum absolute atomic E-state index is 0.00367. The summed E-state index contributed by atoms with van der Waals surface area (Å²) in [5, 5.41) is 2.56. The van der Waals surface area contributed by atoms with Gasteiger partial charge in [0.15, 0.2) is 0 Å². The molecule has 0 radical (unpaired) electrons. The molecule has 7 aromatic rings. The Hall–Kier alpha value is -5.02. The second-order valence-electron chi connectivity index (χ2n) is 12.1. The van der Waals surface area contributed by atoms with Gasteiger partial charge < -0.3 is 9.30 Å². The van der Waals surface area contributed by atoms with Crippen LogP contribution in [0.1, 0.15) is 25.0 Å². The van der Waals surface area contributed by atoms with Crippen molar-refractivity contribution in [1.82, 2.24) is 4.57 Å². The standard InChI is InChI=1S/C39H28BNO/c1-39(2)30-18-8-6-16-26(30)28-24-29-27-17-7-11-21-33(27)41(25-14-4-3-5-15-25)38(29)37(36(28)39)40-31-19-9-12-22-34(31)42-35-23-13-10-20-32(35)40/h3-24H,1-2H3. The fourth-order valence-corrected chi connectivity index (χ4v) is 7.79. The van der Waals surface area contributed by atoms with E-state index in [4.69, 9.17) is 4.74 Å². The van der Waals surface area contributed by atoms with Crippen molar-refractivity contribution in [1.29, 1.82) is 0 Å². The van der Waals surface area contributed by atoms with E-state index >= 15 is 0 Å². The lowest BCUT2D eigenvalue weighted by molar-refractivity contribution is 0.487. The van der Waals surface area contributed by atoms with Crippen molar-refractivity contribution in [3.05, 3.63) is 145 Å². The first-order valence-corrected chi connectivity index (χ1v) is 14.7. The highest BCUT2D eigenvalue weighted by Gasteiger charge is 2.44. The molecule has 6 aromatic carbocycles. The molecule has 42 heavy (non-hydrogen) atoms. The van der Waals surface area contributed by atoms with Gasteiger partial charge in [-0.15, -0.1) is 0 Å². The van der Waals surface area contributed by atoms with E-state index < -0.39 is 0 Å². The summed E-state index contributed by atoms with van der Waals surface area (Å²) >= 11 is 0. The van der Waals surface area contributed by atoms with Crippen LogP contribution in [0.25, 0.3) is 38.6 Å². The van der Waals surface area contributed by atoms with Gasteiger partial charge in [-0.05, 0) is 75.0 Å². The normalized spacial score (nSPS) is 14.3. The first kappa shape index (κ1) is 23.7. The largest absolute Gasteiger partial charge is 0.458 e. The van der Waals surface area contributed by atoms with Crippen LogP contribution in [-0.4, -0.2) is 11.3 Å². The molecule has 3 heteroatoms. The molecule has 0 saturated heterocycles. The van der Waals surface area contributed by atoms with Crippen LogP contribution < -0.4 is 21.1 Å². The maximum absolute atomic E-state index is 6.54. The van der Waals surface area contributed by atoms with Gasteiger partial charge in [-0.3, -0.25) is 0 Å². The molecule has 0 atom stereocenters. The zero-order valence-electron chi connectivity index (χ0n) is 23.6. The highest BCUT2D eigenvalue weighted by atomic mass is 16.5. The van der Waals surface area contributed by atoms with E-state index in [1.165, 1.54) is 66.1 Å². The molecule has 2 nitrogen and oxygen atoms in total. The molecule has 198 valence electrons. The van der Waals surface area contributed by atoms with E-state index in [1.807, 2.05) is 0 Å². The minimum Gasteiger partial charge on any atom is -0.458 e. The lowest BCUT2D eigenvalue weighted by atomic mass is 9.34. The van der Waals surface area contributed by atoms with Crippen LogP contribution in [0, 0.1) is 0 Å². The third kappa shape index (κ3) is 3.06. The van der Waals surface area contributed by atoms with Gasteiger partial charge >= 0.3 is 0 Å². The Morgan fingerprint density at radius 1 is 0.595 bits per heavy atom. The van der Waals surface area contributed by atoms with Gasteiger partial charge in [0.2, 0.25) is 0 Å². The number of fused-ring (bicyclic) bond motifs is 8. The zero-order valence-corrected chi connectivity index (χ0v) is 23.6.